The molecule has 0 radical (unpaired) electrons. The molecular weight excluding hydrogens is 1070 g/mol. The molecule has 0 spiro atoms. The highest BCUT2D eigenvalue weighted by atomic mass is 31.2. The van der Waals surface area contributed by atoms with Crippen LogP contribution in [0, 0.1) is 0 Å². The van der Waals surface area contributed by atoms with Gasteiger partial charge < -0.3 is 20.1 Å². The van der Waals surface area contributed by atoms with Crippen LogP contribution in [0.15, 0.2) is 158 Å². The maximum absolute atomic E-state index is 12.8. The first-order valence-electron chi connectivity index (χ1n) is 34.0. The van der Waals surface area contributed by atoms with E-state index < -0.39 is 32.5 Å². The molecule has 0 aliphatic rings. The molecular formula is C75H124NO8P. The highest BCUT2D eigenvalue weighted by molar-refractivity contribution is 7.47. The molecule has 0 saturated carbocycles. The maximum atomic E-state index is 12.8. The van der Waals surface area contributed by atoms with Crippen molar-refractivity contribution in [3.8, 4) is 0 Å². The molecule has 0 aliphatic heterocycles. The van der Waals surface area contributed by atoms with Crippen LogP contribution in [0.3, 0.4) is 0 Å². The summed E-state index contributed by atoms with van der Waals surface area (Å²) in [4.78, 5) is 35.3. The standard InChI is InChI=1S/C75H124NO8P/c1-3-5-7-9-11-13-15-17-19-21-23-25-27-29-31-32-33-34-35-36-37-38-39-40-42-44-46-48-50-52-54-56-58-60-62-64-66-68-75(78)84-73(72-83-85(79,80)82-70-69-76)71-81-74(77)67-65-63-61-59-57-55-53-51-49-47-45-43-41-30-28-26-24-22-20-18-16-14-12-10-8-6-4-2/h5,7,11,13,16-19,22-25,28-31,33-34,36-37,39-40,44,46,50,52,73H,3-4,6,8-10,12,14-15,20-21,26-27,32,35,38,41-43,45,47-49,51,53-72,76H2,1-2H3,(H,79,80)/b7-5-,13-11-,18-16-,19-17-,24-22-,25-23-,30-28-,31-29-,34-33-,37-36-,40-39-,46-44-,52-50-. The van der Waals surface area contributed by atoms with Crippen molar-refractivity contribution in [1.29, 1.82) is 0 Å². The minimum Gasteiger partial charge on any atom is -0.462 e. The Balaban J connectivity index is 4.02. The summed E-state index contributed by atoms with van der Waals surface area (Å²) < 4.78 is 33.1. The van der Waals surface area contributed by atoms with Crippen molar-refractivity contribution in [2.45, 2.75) is 277 Å². The molecule has 0 fully saturated rings. The van der Waals surface area contributed by atoms with E-state index >= 15 is 0 Å². The lowest BCUT2D eigenvalue weighted by Gasteiger charge is -2.19. The minimum absolute atomic E-state index is 0.0427. The second-order valence-electron chi connectivity index (χ2n) is 22.0. The Labute approximate surface area is 521 Å². The van der Waals surface area contributed by atoms with Crippen molar-refractivity contribution in [3.05, 3.63) is 158 Å². The lowest BCUT2D eigenvalue weighted by Crippen LogP contribution is -2.29. The van der Waals surface area contributed by atoms with E-state index in [-0.39, 0.29) is 32.6 Å². The second-order valence-corrected chi connectivity index (χ2v) is 23.4. The second kappa shape index (κ2) is 68.7. The average Bonchev–Trinajstić information content (AvgIpc) is 3.52. The van der Waals surface area contributed by atoms with E-state index in [0.29, 0.717) is 6.42 Å². The first-order valence-corrected chi connectivity index (χ1v) is 35.5. The van der Waals surface area contributed by atoms with Gasteiger partial charge in [-0.05, 0) is 128 Å². The summed E-state index contributed by atoms with van der Waals surface area (Å²) in [6.07, 6.45) is 100. The minimum atomic E-state index is -4.41. The highest BCUT2D eigenvalue weighted by Gasteiger charge is 2.26. The molecule has 0 saturated heterocycles. The first-order chi connectivity index (χ1) is 41.8. The van der Waals surface area contributed by atoms with Crippen molar-refractivity contribution >= 4 is 19.8 Å². The van der Waals surface area contributed by atoms with E-state index in [0.717, 1.165) is 141 Å². The van der Waals surface area contributed by atoms with Crippen molar-refractivity contribution in [2.24, 2.45) is 5.73 Å². The first kappa shape index (κ1) is 80.6. The summed E-state index contributed by atoms with van der Waals surface area (Å²) in [5.74, 6) is -0.853. The summed E-state index contributed by atoms with van der Waals surface area (Å²) in [5.41, 5.74) is 5.40. The van der Waals surface area contributed by atoms with Gasteiger partial charge in [0.05, 0.1) is 13.2 Å². The molecule has 0 aromatic rings. The zero-order valence-electron chi connectivity index (χ0n) is 54.0. The summed E-state index contributed by atoms with van der Waals surface area (Å²) >= 11 is 0. The normalized spacial score (nSPS) is 14.0. The lowest BCUT2D eigenvalue weighted by molar-refractivity contribution is -0.161. The predicted octanol–water partition coefficient (Wildman–Crippen LogP) is 22.4. The lowest BCUT2D eigenvalue weighted by atomic mass is 10.0. The Morgan fingerprint density at radius 1 is 0.365 bits per heavy atom. The zero-order valence-corrected chi connectivity index (χ0v) is 54.9. The van der Waals surface area contributed by atoms with Gasteiger partial charge in [-0.15, -0.1) is 0 Å². The van der Waals surface area contributed by atoms with Gasteiger partial charge in [-0.25, -0.2) is 4.57 Å². The largest absolute Gasteiger partial charge is 0.472 e. The van der Waals surface area contributed by atoms with Gasteiger partial charge >= 0.3 is 19.8 Å². The van der Waals surface area contributed by atoms with Crippen LogP contribution in [0.25, 0.3) is 0 Å². The molecule has 0 aromatic carbocycles. The number of allylic oxidation sites excluding steroid dienone is 26. The van der Waals surface area contributed by atoms with Crippen molar-refractivity contribution in [1.82, 2.24) is 0 Å². The molecule has 0 bridgehead atoms. The van der Waals surface area contributed by atoms with Crippen LogP contribution < -0.4 is 5.73 Å². The van der Waals surface area contributed by atoms with E-state index in [1.54, 1.807) is 0 Å². The predicted molar refractivity (Wildman–Crippen MR) is 366 cm³/mol. The third-order valence-corrected chi connectivity index (χ3v) is 14.9. The van der Waals surface area contributed by atoms with Crippen LogP contribution in [-0.2, 0) is 32.7 Å². The van der Waals surface area contributed by atoms with Gasteiger partial charge in [-0.1, -0.05) is 287 Å². The van der Waals surface area contributed by atoms with Gasteiger partial charge in [0.15, 0.2) is 6.10 Å². The number of carbonyl (C=O) groups excluding carboxylic acids is 2. The Morgan fingerprint density at radius 2 is 0.647 bits per heavy atom. The van der Waals surface area contributed by atoms with Crippen LogP contribution in [0.4, 0.5) is 0 Å². The molecule has 2 unspecified atom stereocenters. The summed E-state index contributed by atoms with van der Waals surface area (Å²) in [5, 5.41) is 0. The third-order valence-electron chi connectivity index (χ3n) is 13.9. The molecule has 0 amide bonds. The fourth-order valence-corrected chi connectivity index (χ4v) is 9.67. The molecule has 0 rings (SSSR count). The molecule has 3 N–H and O–H groups in total. The molecule has 85 heavy (non-hydrogen) atoms. The van der Waals surface area contributed by atoms with E-state index in [1.165, 1.54) is 96.3 Å². The van der Waals surface area contributed by atoms with Gasteiger partial charge in [0.25, 0.3) is 0 Å². The Bertz CT molecular complexity index is 1950. The molecule has 9 nitrogen and oxygen atoms in total. The number of nitrogens with two attached hydrogens (primary N) is 1. The average molecular weight is 1200 g/mol. The number of carbonyl (C=O) groups is 2. The highest BCUT2D eigenvalue weighted by Crippen LogP contribution is 2.43. The van der Waals surface area contributed by atoms with E-state index in [1.807, 2.05) is 0 Å². The molecule has 0 aromatic heterocycles. The smallest absolute Gasteiger partial charge is 0.462 e. The quantitative estimate of drug-likeness (QED) is 0.0264. The summed E-state index contributed by atoms with van der Waals surface area (Å²) in [6, 6.07) is 0. The van der Waals surface area contributed by atoms with Gasteiger partial charge in [0, 0.05) is 19.4 Å². The van der Waals surface area contributed by atoms with Crippen molar-refractivity contribution in [2.75, 3.05) is 26.4 Å². The molecule has 2 atom stereocenters. The molecule has 0 aliphatic carbocycles. The van der Waals surface area contributed by atoms with Crippen LogP contribution >= 0.6 is 7.82 Å². The number of ether oxygens (including phenoxy) is 2. The Morgan fingerprint density at radius 3 is 0.965 bits per heavy atom. The summed E-state index contributed by atoms with van der Waals surface area (Å²) in [6.45, 7) is 3.60. The fourth-order valence-electron chi connectivity index (χ4n) is 8.91. The van der Waals surface area contributed by atoms with Gasteiger partial charge in [0.1, 0.15) is 6.61 Å². The number of hydrogen-bond acceptors (Lipinski definition) is 8. The maximum Gasteiger partial charge on any atom is 0.472 e. The van der Waals surface area contributed by atoms with Crippen LogP contribution in [0.1, 0.15) is 271 Å². The number of unbranched alkanes of at least 4 members (excludes halogenated alkanes) is 23. The van der Waals surface area contributed by atoms with Crippen LogP contribution in [-0.4, -0.2) is 49.3 Å². The van der Waals surface area contributed by atoms with Gasteiger partial charge in [-0.3, -0.25) is 18.6 Å². The number of rotatable bonds is 62. The number of hydrogen-bond donors (Lipinski definition) is 2. The van der Waals surface area contributed by atoms with Crippen molar-refractivity contribution < 1.29 is 37.6 Å². The van der Waals surface area contributed by atoms with Gasteiger partial charge in [-0.2, -0.15) is 0 Å². The van der Waals surface area contributed by atoms with Crippen molar-refractivity contribution in [3.63, 3.8) is 0 Å². The topological polar surface area (TPSA) is 134 Å². The monoisotopic (exact) mass is 1200 g/mol. The Kier molecular flexibility index (Phi) is 65.2. The number of esters is 2. The molecule has 0 heterocycles. The van der Waals surface area contributed by atoms with Gasteiger partial charge in [0.2, 0.25) is 0 Å². The molecule has 10 heteroatoms. The van der Waals surface area contributed by atoms with E-state index in [2.05, 4.69) is 172 Å². The SMILES string of the molecule is CC/C=C\C/C=C\C/C=C\C/C=C\C/C=C\C/C=C\C/C=C\C/C=C\C/C=C\C/C=C\CCCCCCCCC(=O)OC(COC(=O)CCCCCCCCCCCCCC/C=C\C/C=C\C/C=C\CCCCCCC)COP(=O)(O)OCCN. The summed E-state index contributed by atoms with van der Waals surface area (Å²) in [7, 11) is -4.41. The Hall–Kier alpha value is -4.37. The third kappa shape index (κ3) is 68.6. The van der Waals surface area contributed by atoms with Crippen LogP contribution in [0.2, 0.25) is 0 Å². The number of phosphoric acid groups is 1. The van der Waals surface area contributed by atoms with E-state index in [4.69, 9.17) is 24.3 Å². The fraction of sp³-hybridized carbons (Fsp3) is 0.627. The number of phosphoric ester groups is 1. The van der Waals surface area contributed by atoms with Crippen LogP contribution in [0.5, 0.6) is 0 Å². The molecule has 482 valence electrons. The zero-order chi connectivity index (χ0) is 61.6. The van der Waals surface area contributed by atoms with E-state index in [9.17, 15) is 19.0 Å².